The number of rotatable bonds is 1. The van der Waals surface area contributed by atoms with E-state index in [4.69, 9.17) is 0 Å². The number of likely N-dealkylation sites (N-methyl/N-ethyl adjacent to an activating group) is 1. The number of anilines is 1. The Labute approximate surface area is 137 Å². The highest BCUT2D eigenvalue weighted by atomic mass is 16.1. The molecule has 3 aliphatic heterocycles. The van der Waals surface area contributed by atoms with Gasteiger partial charge < -0.3 is 9.80 Å². The molecule has 0 saturated carbocycles. The Morgan fingerprint density at radius 2 is 2.17 bits per heavy atom. The summed E-state index contributed by atoms with van der Waals surface area (Å²) >= 11 is 0. The van der Waals surface area contributed by atoms with Crippen molar-refractivity contribution in [2.24, 2.45) is 5.92 Å². The van der Waals surface area contributed by atoms with E-state index < -0.39 is 0 Å². The van der Waals surface area contributed by atoms with Gasteiger partial charge in [0.05, 0.1) is 19.0 Å². The molecule has 3 heterocycles. The summed E-state index contributed by atoms with van der Waals surface area (Å²) in [7, 11) is 2.42. The average molecular weight is 307 g/mol. The molecule has 1 aromatic carbocycles. The fraction of sp³-hybridized carbons (Fsp3) is 0.450. The van der Waals surface area contributed by atoms with Crippen molar-refractivity contribution in [1.82, 2.24) is 0 Å². The fourth-order valence-electron chi connectivity index (χ4n) is 6.07. The molecule has 3 nitrogen and oxygen atoms in total. The molecule has 0 amide bonds. The van der Waals surface area contributed by atoms with Crippen LogP contribution in [0.1, 0.15) is 25.3 Å². The van der Waals surface area contributed by atoms with Crippen LogP contribution < -0.4 is 5.32 Å². The van der Waals surface area contributed by atoms with Gasteiger partial charge in [0, 0.05) is 35.7 Å². The van der Waals surface area contributed by atoms with E-state index >= 15 is 0 Å². The molecule has 3 heteroatoms. The highest BCUT2D eigenvalue weighted by molar-refractivity contribution is 5.84. The number of quaternary nitrogens is 1. The van der Waals surface area contributed by atoms with Crippen molar-refractivity contribution in [1.29, 1.82) is 0 Å². The predicted molar refractivity (Wildman–Crippen MR) is 91.0 cm³/mol. The number of aldehydes is 1. The summed E-state index contributed by atoms with van der Waals surface area (Å²) in [6, 6.07) is 9.27. The van der Waals surface area contributed by atoms with E-state index in [1.807, 2.05) is 0 Å². The minimum absolute atomic E-state index is 0.0390. The lowest BCUT2D eigenvalue weighted by Crippen LogP contribution is -2.61. The van der Waals surface area contributed by atoms with Gasteiger partial charge >= 0.3 is 0 Å². The molecule has 5 rings (SSSR count). The molecular weight excluding hydrogens is 284 g/mol. The molecule has 2 fully saturated rings. The smallest absolute Gasteiger partial charge is 0.148 e. The zero-order valence-electron chi connectivity index (χ0n) is 13.8. The summed E-state index contributed by atoms with van der Waals surface area (Å²) < 4.78 is 1.13. The highest BCUT2D eigenvalue weighted by Gasteiger charge is 2.67. The maximum Gasteiger partial charge on any atom is 0.148 e. The Morgan fingerprint density at radius 3 is 2.96 bits per heavy atom. The summed E-state index contributed by atoms with van der Waals surface area (Å²) in [5, 5.41) is 3.66. The molecule has 1 aliphatic carbocycles. The SMILES string of the molecule is C/C=C1\C[N@+]2(C)CC[C@@]34C(=C(C=O)[C@H]1C[C@@H]32)Nc1ccccc14. The van der Waals surface area contributed by atoms with Crippen LogP contribution >= 0.6 is 0 Å². The van der Waals surface area contributed by atoms with Crippen LogP contribution in [0.25, 0.3) is 0 Å². The van der Waals surface area contributed by atoms with Crippen LogP contribution in [-0.2, 0) is 10.2 Å². The van der Waals surface area contributed by atoms with E-state index in [1.165, 1.54) is 29.1 Å². The third-order valence-electron chi connectivity index (χ3n) is 7.06. The maximum atomic E-state index is 12.0. The maximum absolute atomic E-state index is 12.0. The summed E-state index contributed by atoms with van der Waals surface area (Å²) in [4.78, 5) is 12.0. The van der Waals surface area contributed by atoms with Crippen molar-refractivity contribution in [3.8, 4) is 0 Å². The zero-order chi connectivity index (χ0) is 15.8. The minimum Gasteiger partial charge on any atom is -0.357 e. The van der Waals surface area contributed by atoms with Gasteiger partial charge in [-0.15, -0.1) is 0 Å². The lowest BCUT2D eigenvalue weighted by molar-refractivity contribution is -0.923. The molecule has 1 N–H and O–H groups in total. The van der Waals surface area contributed by atoms with Crippen LogP contribution in [0.4, 0.5) is 5.69 Å². The van der Waals surface area contributed by atoms with Gasteiger partial charge in [0.25, 0.3) is 0 Å². The second-order valence-electron chi connectivity index (χ2n) is 7.87. The van der Waals surface area contributed by atoms with Crippen LogP contribution in [0.5, 0.6) is 0 Å². The number of nitrogens with one attached hydrogen (secondary N) is 1. The number of carbonyl (C=O) groups is 1. The van der Waals surface area contributed by atoms with Gasteiger partial charge in [0.15, 0.2) is 0 Å². The number of piperidine rings is 1. The molecule has 1 spiro atoms. The van der Waals surface area contributed by atoms with E-state index in [0.29, 0.717) is 12.0 Å². The molecule has 0 unspecified atom stereocenters. The second-order valence-corrected chi connectivity index (χ2v) is 7.87. The van der Waals surface area contributed by atoms with E-state index in [-0.39, 0.29) is 5.41 Å². The first kappa shape index (κ1) is 13.6. The lowest BCUT2D eigenvalue weighted by atomic mass is 9.61. The van der Waals surface area contributed by atoms with E-state index in [0.717, 1.165) is 35.7 Å². The third-order valence-corrected chi connectivity index (χ3v) is 7.06. The first-order chi connectivity index (χ1) is 11.1. The Bertz CT molecular complexity index is 793. The standard InChI is InChI=1S/C20H22N2O/c1-3-13-11-22(2)9-8-20-16-6-4-5-7-17(16)21-19(20)15(12-23)14(13)10-18(20)22/h3-7,12,14,18H,8-11H2,1-2H3/p+1/b13-3+/t14-,18-,20-,22-/m0/s1. The first-order valence-corrected chi connectivity index (χ1v) is 8.70. The van der Waals surface area contributed by atoms with Gasteiger partial charge in [-0.05, 0) is 24.1 Å². The molecule has 0 aromatic heterocycles. The fourth-order valence-corrected chi connectivity index (χ4v) is 6.07. The minimum atomic E-state index is 0.0390. The molecule has 118 valence electrons. The van der Waals surface area contributed by atoms with Crippen LogP contribution in [0.3, 0.4) is 0 Å². The zero-order valence-corrected chi connectivity index (χ0v) is 13.8. The number of para-hydroxylation sites is 1. The summed E-state index contributed by atoms with van der Waals surface area (Å²) in [6.45, 7) is 4.42. The molecule has 23 heavy (non-hydrogen) atoms. The predicted octanol–water partition coefficient (Wildman–Crippen LogP) is 3.00. The second kappa shape index (κ2) is 4.15. The van der Waals surface area contributed by atoms with Crippen molar-refractivity contribution < 1.29 is 9.28 Å². The normalized spacial score (nSPS) is 41.6. The number of nitrogens with zero attached hydrogens (tertiary/aromatic N) is 1. The van der Waals surface area contributed by atoms with E-state index in [2.05, 4.69) is 49.6 Å². The van der Waals surface area contributed by atoms with E-state index in [9.17, 15) is 4.79 Å². The van der Waals surface area contributed by atoms with Crippen LogP contribution in [-0.4, -0.2) is 36.9 Å². The summed E-state index contributed by atoms with van der Waals surface area (Å²) in [6.07, 6.45) is 5.65. The van der Waals surface area contributed by atoms with Crippen LogP contribution in [0.2, 0.25) is 0 Å². The summed E-state index contributed by atoms with van der Waals surface area (Å²) in [5.74, 6) is 0.316. The van der Waals surface area contributed by atoms with Gasteiger partial charge in [-0.1, -0.05) is 24.3 Å². The number of hydrogen-bond acceptors (Lipinski definition) is 2. The van der Waals surface area contributed by atoms with Crippen molar-refractivity contribution in [2.75, 3.05) is 25.5 Å². The molecule has 1 aromatic rings. The Hall–Kier alpha value is -1.87. The third kappa shape index (κ3) is 1.38. The first-order valence-electron chi connectivity index (χ1n) is 8.70. The Morgan fingerprint density at radius 1 is 1.35 bits per heavy atom. The number of hydrogen-bond donors (Lipinski definition) is 1. The molecule has 4 aliphatic rings. The van der Waals surface area contributed by atoms with Crippen LogP contribution in [0, 0.1) is 5.92 Å². The quantitative estimate of drug-likeness (QED) is 0.491. The van der Waals surface area contributed by atoms with Crippen LogP contribution in [0.15, 0.2) is 47.2 Å². The Balaban J connectivity index is 1.85. The van der Waals surface area contributed by atoms with Gasteiger partial charge in [0.2, 0.25) is 0 Å². The van der Waals surface area contributed by atoms with E-state index in [1.54, 1.807) is 0 Å². The summed E-state index contributed by atoms with van der Waals surface area (Å²) in [5.41, 5.74) is 6.35. The van der Waals surface area contributed by atoms with Crippen molar-refractivity contribution in [3.63, 3.8) is 0 Å². The average Bonchev–Trinajstić information content (AvgIpc) is 3.08. The van der Waals surface area contributed by atoms with Gasteiger partial charge in [-0.25, -0.2) is 0 Å². The lowest BCUT2D eigenvalue weighted by Gasteiger charge is -2.51. The number of allylic oxidation sites excluding steroid dienone is 2. The van der Waals surface area contributed by atoms with Crippen molar-refractivity contribution >= 4 is 12.0 Å². The molecular formula is C20H23N2O+. The number of carbonyl (C=O) groups excluding carboxylic acids is 1. The van der Waals surface area contributed by atoms with Crippen molar-refractivity contribution in [3.05, 3.63) is 52.7 Å². The van der Waals surface area contributed by atoms with Gasteiger partial charge in [-0.2, -0.15) is 0 Å². The molecule has 2 bridgehead atoms. The van der Waals surface area contributed by atoms with Crippen molar-refractivity contribution in [2.45, 2.75) is 31.2 Å². The molecule has 4 atom stereocenters. The topological polar surface area (TPSA) is 29.1 Å². The van der Waals surface area contributed by atoms with Gasteiger partial charge in [0.1, 0.15) is 18.9 Å². The largest absolute Gasteiger partial charge is 0.357 e. The van der Waals surface area contributed by atoms with Gasteiger partial charge in [-0.3, -0.25) is 4.79 Å². The molecule has 2 saturated heterocycles. The highest BCUT2D eigenvalue weighted by Crippen LogP contribution is 2.62. The number of fused-ring (bicyclic) bond motifs is 2. The number of benzene rings is 1. The monoisotopic (exact) mass is 307 g/mol. The molecule has 0 radical (unpaired) electrons. The Kier molecular flexibility index (Phi) is 2.45.